The van der Waals surface area contributed by atoms with Crippen molar-refractivity contribution in [2.24, 2.45) is 12.0 Å². The summed E-state index contributed by atoms with van der Waals surface area (Å²) in [5.41, 5.74) is 0.691. The maximum Gasteiger partial charge on any atom is 0.242 e. The van der Waals surface area contributed by atoms with Crippen LogP contribution in [0.4, 0.5) is 0 Å². The molecule has 1 aromatic heterocycles. The zero-order valence-corrected chi connectivity index (χ0v) is 18.1. The third-order valence-corrected chi connectivity index (χ3v) is 7.62. The second-order valence-corrected chi connectivity index (χ2v) is 9.94. The summed E-state index contributed by atoms with van der Waals surface area (Å²) in [4.78, 5) is 5.71. The molecule has 0 bridgehead atoms. The van der Waals surface area contributed by atoms with Crippen molar-refractivity contribution in [1.29, 1.82) is 0 Å². The number of rotatable bonds is 6. The summed E-state index contributed by atoms with van der Waals surface area (Å²) in [6.07, 6.45) is 5.95. The van der Waals surface area contributed by atoms with Gasteiger partial charge in [0.25, 0.3) is 0 Å². The Morgan fingerprint density at radius 2 is 2.07 bits per heavy atom. The fourth-order valence-corrected chi connectivity index (χ4v) is 5.76. The van der Waals surface area contributed by atoms with Crippen molar-refractivity contribution in [2.75, 3.05) is 12.4 Å². The Labute approximate surface area is 173 Å². The van der Waals surface area contributed by atoms with Gasteiger partial charge in [-0.15, -0.1) is 11.6 Å². The molecule has 1 aliphatic rings. The molecule has 0 saturated heterocycles. The van der Waals surface area contributed by atoms with Crippen LogP contribution in [-0.2, 0) is 17.1 Å². The highest BCUT2D eigenvalue weighted by Crippen LogP contribution is 2.28. The number of nitrogens with zero attached hydrogens (tertiary/aromatic N) is 3. The fourth-order valence-electron chi connectivity index (χ4n) is 3.04. The average molecular weight is 449 g/mol. The summed E-state index contributed by atoms with van der Waals surface area (Å²) in [6.45, 7) is 0.140. The lowest BCUT2D eigenvalue weighted by atomic mass is 9.96. The lowest BCUT2D eigenvalue weighted by molar-refractivity contribution is 0.434. The molecule has 1 aliphatic carbocycles. The zero-order valence-electron chi connectivity index (χ0n) is 15.0. The number of hydrogen-bond donors (Lipinski definition) is 1. The van der Waals surface area contributed by atoms with Gasteiger partial charge in [0.2, 0.25) is 14.8 Å². The Morgan fingerprint density at radius 3 is 2.78 bits per heavy atom. The van der Waals surface area contributed by atoms with Crippen molar-refractivity contribution in [1.82, 2.24) is 14.5 Å². The highest BCUT2D eigenvalue weighted by Gasteiger charge is 2.19. The van der Waals surface area contributed by atoms with Crippen LogP contribution in [0.25, 0.3) is 10.6 Å². The van der Waals surface area contributed by atoms with Crippen LogP contribution in [0, 0.1) is 0 Å². The number of nitrogens with one attached hydrogen (secondary N) is 1. The Bertz CT molecular complexity index is 964. The molecule has 1 fully saturated rings. The third kappa shape index (κ3) is 5.12. The lowest BCUT2D eigenvalue weighted by Crippen LogP contribution is -2.25. The molecule has 27 heavy (non-hydrogen) atoms. The lowest BCUT2D eigenvalue weighted by Gasteiger charge is -2.16. The SMILES string of the molecule is Cn1nc(-c2ccc(Cl)c(S(=O)(=O)NCCCl)c2)s/c1=N/C1CCCCC1. The molecule has 1 saturated carbocycles. The van der Waals surface area contributed by atoms with Crippen molar-refractivity contribution in [3.8, 4) is 10.6 Å². The van der Waals surface area contributed by atoms with E-state index in [1.165, 1.54) is 30.6 Å². The van der Waals surface area contributed by atoms with Gasteiger partial charge < -0.3 is 0 Å². The van der Waals surface area contributed by atoms with E-state index < -0.39 is 10.0 Å². The molecule has 6 nitrogen and oxygen atoms in total. The van der Waals surface area contributed by atoms with E-state index in [4.69, 9.17) is 28.2 Å². The number of hydrogen-bond acceptors (Lipinski definition) is 5. The van der Waals surface area contributed by atoms with Gasteiger partial charge >= 0.3 is 0 Å². The molecule has 1 aromatic carbocycles. The van der Waals surface area contributed by atoms with Crippen LogP contribution in [0.2, 0.25) is 5.02 Å². The minimum Gasteiger partial charge on any atom is -0.254 e. The molecular formula is C17H22Cl2N4O2S2. The van der Waals surface area contributed by atoms with Gasteiger partial charge in [-0.25, -0.2) is 17.8 Å². The van der Waals surface area contributed by atoms with Gasteiger partial charge in [0.15, 0.2) is 0 Å². The largest absolute Gasteiger partial charge is 0.254 e. The van der Waals surface area contributed by atoms with Gasteiger partial charge in [-0.05, 0) is 25.0 Å². The van der Waals surface area contributed by atoms with Gasteiger partial charge in [-0.2, -0.15) is 5.10 Å². The van der Waals surface area contributed by atoms with Crippen LogP contribution in [0.1, 0.15) is 32.1 Å². The maximum absolute atomic E-state index is 12.4. The van der Waals surface area contributed by atoms with E-state index >= 15 is 0 Å². The Hall–Kier alpha value is -0.930. The first-order valence-corrected chi connectivity index (χ1v) is 12.1. The zero-order chi connectivity index (χ0) is 19.4. The molecule has 0 aliphatic heterocycles. The van der Waals surface area contributed by atoms with Crippen LogP contribution in [-0.4, -0.2) is 36.7 Å². The van der Waals surface area contributed by atoms with Gasteiger partial charge in [-0.3, -0.25) is 4.99 Å². The molecule has 0 atom stereocenters. The number of aryl methyl sites for hydroxylation is 1. The fraction of sp³-hybridized carbons (Fsp3) is 0.529. The van der Waals surface area contributed by atoms with Crippen molar-refractivity contribution in [3.05, 3.63) is 28.0 Å². The first-order chi connectivity index (χ1) is 12.9. The summed E-state index contributed by atoms with van der Waals surface area (Å²) >= 11 is 13.2. The van der Waals surface area contributed by atoms with E-state index in [1.807, 2.05) is 7.05 Å². The molecule has 1 heterocycles. The number of alkyl halides is 1. The van der Waals surface area contributed by atoms with Gasteiger partial charge in [0, 0.05) is 25.0 Å². The number of benzene rings is 1. The van der Waals surface area contributed by atoms with Crippen LogP contribution >= 0.6 is 34.5 Å². The van der Waals surface area contributed by atoms with E-state index in [9.17, 15) is 8.42 Å². The number of halogens is 2. The van der Waals surface area contributed by atoms with Gasteiger partial charge in [0.1, 0.15) is 9.90 Å². The molecule has 0 radical (unpaired) electrons. The summed E-state index contributed by atoms with van der Waals surface area (Å²) in [5, 5.41) is 5.39. The quantitative estimate of drug-likeness (QED) is 0.686. The van der Waals surface area contributed by atoms with Crippen molar-refractivity contribution in [2.45, 2.75) is 43.0 Å². The Kier molecular flexibility index (Phi) is 6.97. The molecule has 1 N–H and O–H groups in total. The average Bonchev–Trinajstić information content (AvgIpc) is 3.01. The van der Waals surface area contributed by atoms with Crippen LogP contribution < -0.4 is 9.52 Å². The minimum atomic E-state index is -3.73. The van der Waals surface area contributed by atoms with E-state index in [0.717, 1.165) is 17.6 Å². The van der Waals surface area contributed by atoms with E-state index in [-0.39, 0.29) is 22.3 Å². The first kappa shape index (κ1) is 20.8. The standard InChI is InChI=1S/C17H22Cl2N4O2S2/c1-23-17(21-13-5-3-2-4-6-13)26-16(22-23)12-7-8-14(19)15(11-12)27(24,25)20-10-9-18/h7-8,11,13,20H,2-6,9-10H2,1H3/b21-17+. The Balaban J connectivity index is 1.94. The minimum absolute atomic E-state index is 0.0235. The van der Waals surface area contributed by atoms with Crippen molar-refractivity contribution < 1.29 is 8.42 Å². The molecule has 10 heteroatoms. The molecule has 148 valence electrons. The second-order valence-electron chi connectivity index (χ2n) is 6.47. The predicted molar refractivity (Wildman–Crippen MR) is 110 cm³/mol. The van der Waals surface area contributed by atoms with Gasteiger partial charge in [0.05, 0.1) is 11.1 Å². The molecule has 3 rings (SSSR count). The van der Waals surface area contributed by atoms with Crippen LogP contribution in [0.5, 0.6) is 0 Å². The third-order valence-electron chi connectivity index (χ3n) is 4.43. The van der Waals surface area contributed by atoms with Crippen LogP contribution in [0.3, 0.4) is 0 Å². The molecule has 0 unspecified atom stereocenters. The molecule has 0 amide bonds. The second kappa shape index (κ2) is 9.05. The first-order valence-electron chi connectivity index (χ1n) is 8.84. The summed E-state index contributed by atoms with van der Waals surface area (Å²) in [5.74, 6) is 0.185. The maximum atomic E-state index is 12.4. The highest BCUT2D eigenvalue weighted by atomic mass is 35.5. The highest BCUT2D eigenvalue weighted by molar-refractivity contribution is 7.89. The number of sulfonamides is 1. The predicted octanol–water partition coefficient (Wildman–Crippen LogP) is 3.55. The summed E-state index contributed by atoms with van der Waals surface area (Å²) in [7, 11) is -1.87. The van der Waals surface area contributed by atoms with Crippen LogP contribution in [0.15, 0.2) is 28.1 Å². The van der Waals surface area contributed by atoms with E-state index in [1.54, 1.807) is 22.9 Å². The monoisotopic (exact) mass is 448 g/mol. The topological polar surface area (TPSA) is 76.3 Å². The van der Waals surface area contributed by atoms with E-state index in [2.05, 4.69) is 9.82 Å². The molecular weight excluding hydrogens is 427 g/mol. The van der Waals surface area contributed by atoms with Crippen molar-refractivity contribution >= 4 is 44.6 Å². The summed E-state index contributed by atoms with van der Waals surface area (Å²) in [6, 6.07) is 5.24. The number of aromatic nitrogens is 2. The smallest absolute Gasteiger partial charge is 0.242 e. The molecule has 2 aromatic rings. The van der Waals surface area contributed by atoms with Crippen molar-refractivity contribution in [3.63, 3.8) is 0 Å². The Morgan fingerprint density at radius 1 is 1.33 bits per heavy atom. The van der Waals surface area contributed by atoms with E-state index in [0.29, 0.717) is 16.6 Å². The molecule has 0 spiro atoms. The van der Waals surface area contributed by atoms with Gasteiger partial charge in [-0.1, -0.05) is 48.3 Å². The summed E-state index contributed by atoms with van der Waals surface area (Å²) < 4.78 is 29.1. The normalized spacial score (nSPS) is 16.8.